The van der Waals surface area contributed by atoms with Gasteiger partial charge in [-0.2, -0.15) is 0 Å². The molecular formula is C23H32N2O6. The number of hydrogen-bond donors (Lipinski definition) is 0. The molecule has 8 nitrogen and oxygen atoms in total. The quantitative estimate of drug-likeness (QED) is 0.416. The van der Waals surface area contributed by atoms with Gasteiger partial charge in [-0.25, -0.2) is 0 Å². The smallest absolute Gasteiger partial charge is 0.310 e. The van der Waals surface area contributed by atoms with E-state index in [2.05, 4.69) is 0 Å². The molecule has 2 rings (SSSR count). The standard InChI is InChI=1S/C23H32N2O6/c1-4-30-19-10-8-17(9-11-19)20(26)12-13-21(27)24(3)16-22(28)25-14-6-7-18(15-25)23(29)31-5-2/h8-11,18H,4-7,12-16H2,1-3H3. The van der Waals surface area contributed by atoms with Gasteiger partial charge in [0.1, 0.15) is 5.75 Å². The molecule has 0 aromatic heterocycles. The monoisotopic (exact) mass is 432 g/mol. The first-order valence-corrected chi connectivity index (χ1v) is 10.8. The Hall–Kier alpha value is -2.90. The van der Waals surface area contributed by atoms with Crippen molar-refractivity contribution in [3.05, 3.63) is 29.8 Å². The minimum atomic E-state index is -0.314. The first-order valence-electron chi connectivity index (χ1n) is 10.8. The zero-order chi connectivity index (χ0) is 22.8. The lowest BCUT2D eigenvalue weighted by molar-refractivity contribution is -0.152. The van der Waals surface area contributed by atoms with Crippen molar-refractivity contribution in [3.8, 4) is 5.75 Å². The highest BCUT2D eigenvalue weighted by Crippen LogP contribution is 2.18. The van der Waals surface area contributed by atoms with Crippen LogP contribution in [0.25, 0.3) is 0 Å². The van der Waals surface area contributed by atoms with Gasteiger partial charge in [0.25, 0.3) is 0 Å². The lowest BCUT2D eigenvalue weighted by atomic mass is 9.98. The number of ether oxygens (including phenoxy) is 2. The van der Waals surface area contributed by atoms with Gasteiger partial charge in [-0.15, -0.1) is 0 Å². The van der Waals surface area contributed by atoms with Crippen LogP contribution in [-0.4, -0.2) is 73.3 Å². The maximum absolute atomic E-state index is 12.6. The highest BCUT2D eigenvalue weighted by molar-refractivity contribution is 5.98. The van der Waals surface area contributed by atoms with E-state index in [9.17, 15) is 19.2 Å². The third-order valence-corrected chi connectivity index (χ3v) is 5.25. The molecule has 1 aromatic carbocycles. The van der Waals surface area contributed by atoms with E-state index < -0.39 is 0 Å². The van der Waals surface area contributed by atoms with E-state index in [-0.39, 0.29) is 48.9 Å². The summed E-state index contributed by atoms with van der Waals surface area (Å²) in [5, 5.41) is 0. The Kier molecular flexibility index (Phi) is 9.49. The average molecular weight is 433 g/mol. The summed E-state index contributed by atoms with van der Waals surface area (Å²) in [6.45, 7) is 5.30. The van der Waals surface area contributed by atoms with Crippen LogP contribution < -0.4 is 4.74 Å². The van der Waals surface area contributed by atoms with E-state index >= 15 is 0 Å². The van der Waals surface area contributed by atoms with E-state index in [1.54, 1.807) is 43.1 Å². The summed E-state index contributed by atoms with van der Waals surface area (Å²) in [5.41, 5.74) is 0.522. The molecule has 1 atom stereocenters. The lowest BCUT2D eigenvalue weighted by Crippen LogP contribution is -2.47. The summed E-state index contributed by atoms with van der Waals surface area (Å²) >= 11 is 0. The summed E-state index contributed by atoms with van der Waals surface area (Å²) in [5.74, 6) is -0.516. The summed E-state index contributed by atoms with van der Waals surface area (Å²) < 4.78 is 10.4. The Labute approximate surface area is 183 Å². The molecule has 1 saturated heterocycles. The number of esters is 1. The van der Waals surface area contributed by atoms with Crippen LogP contribution >= 0.6 is 0 Å². The van der Waals surface area contributed by atoms with Crippen molar-refractivity contribution >= 4 is 23.6 Å². The number of benzene rings is 1. The fraction of sp³-hybridized carbons (Fsp3) is 0.565. The maximum Gasteiger partial charge on any atom is 0.310 e. The Bertz CT molecular complexity index is 777. The van der Waals surface area contributed by atoms with E-state index in [0.717, 1.165) is 6.42 Å². The van der Waals surface area contributed by atoms with E-state index in [0.29, 0.717) is 44.0 Å². The van der Waals surface area contributed by atoms with Gasteiger partial charge in [0, 0.05) is 38.5 Å². The summed E-state index contributed by atoms with van der Waals surface area (Å²) in [6, 6.07) is 6.82. The Morgan fingerprint density at radius 3 is 2.42 bits per heavy atom. The first kappa shape index (κ1) is 24.4. The second-order valence-electron chi connectivity index (χ2n) is 7.56. The molecule has 0 spiro atoms. The zero-order valence-electron chi connectivity index (χ0n) is 18.6. The van der Waals surface area contributed by atoms with Crippen LogP contribution in [0.5, 0.6) is 5.75 Å². The average Bonchev–Trinajstić information content (AvgIpc) is 2.78. The van der Waals surface area contributed by atoms with Crippen molar-refractivity contribution in [1.82, 2.24) is 9.80 Å². The number of Topliss-reactive ketones (excluding diaryl/α,β-unsaturated/α-hetero) is 1. The maximum atomic E-state index is 12.6. The number of rotatable bonds is 10. The third kappa shape index (κ3) is 7.38. The van der Waals surface area contributed by atoms with Crippen LogP contribution in [0, 0.1) is 5.92 Å². The van der Waals surface area contributed by atoms with Crippen molar-refractivity contribution in [2.75, 3.05) is 39.9 Å². The van der Waals surface area contributed by atoms with Crippen molar-refractivity contribution in [1.29, 1.82) is 0 Å². The molecule has 0 N–H and O–H groups in total. The predicted molar refractivity (Wildman–Crippen MR) is 115 cm³/mol. The topological polar surface area (TPSA) is 93.2 Å². The number of hydrogen-bond acceptors (Lipinski definition) is 6. The third-order valence-electron chi connectivity index (χ3n) is 5.25. The minimum Gasteiger partial charge on any atom is -0.494 e. The molecule has 0 bridgehead atoms. The number of likely N-dealkylation sites (N-methyl/N-ethyl adjacent to an activating group) is 1. The van der Waals surface area contributed by atoms with Crippen LogP contribution in [0.3, 0.4) is 0 Å². The van der Waals surface area contributed by atoms with Gasteiger partial charge >= 0.3 is 5.97 Å². The summed E-state index contributed by atoms with van der Waals surface area (Å²) in [6.07, 6.45) is 1.52. The number of amides is 2. The molecule has 1 aliphatic rings. The highest BCUT2D eigenvalue weighted by atomic mass is 16.5. The van der Waals surface area contributed by atoms with Gasteiger partial charge in [-0.1, -0.05) is 0 Å². The Morgan fingerprint density at radius 1 is 1.06 bits per heavy atom. The second-order valence-corrected chi connectivity index (χ2v) is 7.56. The molecule has 0 aliphatic carbocycles. The number of carbonyl (C=O) groups excluding carboxylic acids is 4. The largest absolute Gasteiger partial charge is 0.494 e. The Morgan fingerprint density at radius 2 is 1.77 bits per heavy atom. The molecule has 1 fully saturated rings. The fourth-order valence-electron chi connectivity index (χ4n) is 3.51. The number of piperidine rings is 1. The molecule has 2 amide bonds. The van der Waals surface area contributed by atoms with Crippen LogP contribution in [0.2, 0.25) is 0 Å². The van der Waals surface area contributed by atoms with Crippen molar-refractivity contribution in [3.63, 3.8) is 0 Å². The van der Waals surface area contributed by atoms with Crippen molar-refractivity contribution in [2.24, 2.45) is 5.92 Å². The molecule has 170 valence electrons. The van der Waals surface area contributed by atoms with Gasteiger partial charge < -0.3 is 19.3 Å². The van der Waals surface area contributed by atoms with Crippen LogP contribution in [0.4, 0.5) is 0 Å². The normalized spacial score (nSPS) is 15.8. The number of nitrogens with zero attached hydrogens (tertiary/aromatic N) is 2. The number of carbonyl (C=O) groups is 4. The van der Waals surface area contributed by atoms with Crippen molar-refractivity contribution < 1.29 is 28.7 Å². The van der Waals surface area contributed by atoms with Gasteiger partial charge in [0.2, 0.25) is 11.8 Å². The molecule has 1 heterocycles. The molecule has 1 aliphatic heterocycles. The molecular weight excluding hydrogens is 400 g/mol. The zero-order valence-corrected chi connectivity index (χ0v) is 18.6. The van der Waals surface area contributed by atoms with Crippen molar-refractivity contribution in [2.45, 2.75) is 39.5 Å². The molecule has 8 heteroatoms. The van der Waals surface area contributed by atoms with E-state index in [4.69, 9.17) is 9.47 Å². The number of likely N-dealkylation sites (tertiary alicyclic amines) is 1. The predicted octanol–water partition coefficient (Wildman–Crippen LogP) is 2.31. The molecule has 1 unspecified atom stereocenters. The van der Waals surface area contributed by atoms with Gasteiger partial charge in [-0.05, 0) is 51.0 Å². The molecule has 31 heavy (non-hydrogen) atoms. The summed E-state index contributed by atoms with van der Waals surface area (Å²) in [4.78, 5) is 52.2. The first-order chi connectivity index (χ1) is 14.8. The van der Waals surface area contributed by atoms with Crippen LogP contribution in [0.1, 0.15) is 49.9 Å². The fourth-order valence-corrected chi connectivity index (χ4v) is 3.51. The van der Waals surface area contributed by atoms with E-state index in [1.807, 2.05) is 6.92 Å². The Balaban J connectivity index is 1.80. The minimum absolute atomic E-state index is 0.0290. The second kappa shape index (κ2) is 12.1. The van der Waals surface area contributed by atoms with Gasteiger partial charge in [0.05, 0.1) is 25.7 Å². The van der Waals surface area contributed by atoms with Crippen LogP contribution in [0.15, 0.2) is 24.3 Å². The summed E-state index contributed by atoms with van der Waals surface area (Å²) in [7, 11) is 1.55. The van der Waals surface area contributed by atoms with Gasteiger partial charge in [-0.3, -0.25) is 19.2 Å². The molecule has 1 aromatic rings. The number of ketones is 1. The van der Waals surface area contributed by atoms with Crippen LogP contribution in [-0.2, 0) is 19.1 Å². The molecule has 0 radical (unpaired) electrons. The SMILES string of the molecule is CCOC(=O)C1CCCN(C(=O)CN(C)C(=O)CCC(=O)c2ccc(OCC)cc2)C1. The molecule has 0 saturated carbocycles. The van der Waals surface area contributed by atoms with Gasteiger partial charge in [0.15, 0.2) is 5.78 Å². The lowest BCUT2D eigenvalue weighted by Gasteiger charge is -2.32. The van der Waals surface area contributed by atoms with E-state index in [1.165, 1.54) is 4.90 Å². The highest BCUT2D eigenvalue weighted by Gasteiger charge is 2.30.